The van der Waals surface area contributed by atoms with Crippen molar-refractivity contribution in [2.45, 2.75) is 37.6 Å². The van der Waals surface area contributed by atoms with Crippen LogP contribution in [0.25, 0.3) is 0 Å². The molecule has 2 saturated carbocycles. The lowest BCUT2D eigenvalue weighted by atomic mass is 9.82. The van der Waals surface area contributed by atoms with Crippen molar-refractivity contribution < 1.29 is 19.7 Å². The van der Waals surface area contributed by atoms with Crippen LogP contribution in [-0.4, -0.2) is 34.5 Å². The molecule has 0 aromatic carbocycles. The van der Waals surface area contributed by atoms with Crippen LogP contribution in [0, 0.1) is 17.8 Å². The van der Waals surface area contributed by atoms with E-state index < -0.39 is 12.2 Å². The van der Waals surface area contributed by atoms with Gasteiger partial charge in [0, 0.05) is 17.4 Å². The Labute approximate surface area is 106 Å². The van der Waals surface area contributed by atoms with Crippen molar-refractivity contribution in [2.24, 2.45) is 17.8 Å². The highest BCUT2D eigenvalue weighted by atomic mass is 16.6. The first-order valence-electron chi connectivity index (χ1n) is 6.44. The van der Waals surface area contributed by atoms with Gasteiger partial charge in [-0.25, -0.2) is 4.79 Å². The molecule has 18 heavy (non-hydrogen) atoms. The first kappa shape index (κ1) is 11.9. The van der Waals surface area contributed by atoms with E-state index in [0.717, 1.165) is 18.4 Å². The maximum Gasteiger partial charge on any atom is 0.334 e. The highest BCUT2D eigenvalue weighted by molar-refractivity contribution is 5.90. The molecule has 2 aliphatic carbocycles. The number of hydrogen-bond donors (Lipinski definition) is 2. The van der Waals surface area contributed by atoms with Crippen molar-refractivity contribution in [1.29, 1.82) is 0 Å². The Morgan fingerprint density at radius 3 is 2.67 bits per heavy atom. The molecule has 1 saturated heterocycles. The van der Waals surface area contributed by atoms with Crippen molar-refractivity contribution in [3.8, 4) is 0 Å². The lowest BCUT2D eigenvalue weighted by Gasteiger charge is -2.27. The van der Waals surface area contributed by atoms with Crippen LogP contribution >= 0.6 is 0 Å². The Morgan fingerprint density at radius 2 is 1.94 bits per heavy atom. The second kappa shape index (κ2) is 3.93. The third-order valence-corrected chi connectivity index (χ3v) is 4.78. The van der Waals surface area contributed by atoms with Gasteiger partial charge in [-0.1, -0.05) is 18.7 Å². The summed E-state index contributed by atoms with van der Waals surface area (Å²) in [7, 11) is 0. The smallest absolute Gasteiger partial charge is 0.334 e. The zero-order chi connectivity index (χ0) is 13.0. The van der Waals surface area contributed by atoms with E-state index in [1.54, 1.807) is 0 Å². The zero-order valence-corrected chi connectivity index (χ0v) is 10.2. The van der Waals surface area contributed by atoms with Crippen LogP contribution in [0.3, 0.4) is 0 Å². The Morgan fingerprint density at radius 1 is 1.22 bits per heavy atom. The first-order valence-corrected chi connectivity index (χ1v) is 6.44. The average Bonchev–Trinajstić information content (AvgIpc) is 2.72. The Bertz CT molecular complexity index is 428. The first-order chi connectivity index (χ1) is 8.50. The number of allylic oxidation sites excluding steroid dienone is 1. The molecular formula is C14H18O4. The quantitative estimate of drug-likeness (QED) is 0.379. The van der Waals surface area contributed by atoms with E-state index in [1.165, 1.54) is 0 Å². The van der Waals surface area contributed by atoms with E-state index in [9.17, 15) is 15.0 Å². The number of aliphatic hydroxyl groups is 2. The minimum atomic E-state index is -0.837. The van der Waals surface area contributed by atoms with Crippen LogP contribution in [0.5, 0.6) is 0 Å². The molecule has 2 N–H and O–H groups in total. The van der Waals surface area contributed by atoms with E-state index >= 15 is 0 Å². The van der Waals surface area contributed by atoms with Crippen LogP contribution in [0.4, 0.5) is 0 Å². The fraction of sp³-hybridized carbons (Fsp3) is 0.643. The van der Waals surface area contributed by atoms with Crippen LogP contribution in [-0.2, 0) is 9.53 Å². The van der Waals surface area contributed by atoms with Gasteiger partial charge in [0.25, 0.3) is 0 Å². The molecular weight excluding hydrogens is 232 g/mol. The molecule has 4 nitrogen and oxygen atoms in total. The second-order valence-corrected chi connectivity index (χ2v) is 5.68. The predicted octanol–water partition coefficient (Wildman–Crippen LogP) is 0.792. The average molecular weight is 250 g/mol. The van der Waals surface area contributed by atoms with E-state index in [0.29, 0.717) is 12.0 Å². The third-order valence-electron chi connectivity index (χ3n) is 4.78. The Hall–Kier alpha value is -1.13. The summed E-state index contributed by atoms with van der Waals surface area (Å²) in [4.78, 5) is 11.6. The Balaban J connectivity index is 1.98. The topological polar surface area (TPSA) is 66.8 Å². The van der Waals surface area contributed by atoms with E-state index in [1.807, 2.05) is 0 Å². The van der Waals surface area contributed by atoms with Gasteiger partial charge in [0.05, 0.1) is 12.2 Å². The summed E-state index contributed by atoms with van der Waals surface area (Å²) in [6.07, 6.45) is 0.180. The molecule has 98 valence electrons. The van der Waals surface area contributed by atoms with Crippen molar-refractivity contribution in [3.05, 3.63) is 24.3 Å². The van der Waals surface area contributed by atoms with Gasteiger partial charge in [-0.05, 0) is 25.2 Å². The summed E-state index contributed by atoms with van der Waals surface area (Å²) in [5.74, 6) is -0.582. The van der Waals surface area contributed by atoms with Crippen LogP contribution in [0.1, 0.15) is 19.3 Å². The van der Waals surface area contributed by atoms with Gasteiger partial charge in [0.2, 0.25) is 0 Å². The molecule has 3 aliphatic rings. The molecule has 6 atom stereocenters. The van der Waals surface area contributed by atoms with E-state index in [4.69, 9.17) is 4.74 Å². The van der Waals surface area contributed by atoms with Gasteiger partial charge in [-0.15, -0.1) is 0 Å². The van der Waals surface area contributed by atoms with Gasteiger partial charge in [0.1, 0.15) is 6.10 Å². The normalized spacial score (nSPS) is 47.6. The predicted molar refractivity (Wildman–Crippen MR) is 64.5 cm³/mol. The zero-order valence-electron chi connectivity index (χ0n) is 10.2. The van der Waals surface area contributed by atoms with E-state index in [-0.39, 0.29) is 29.8 Å². The molecule has 4 heteroatoms. The SMILES string of the molecule is C=C1C(=O)O[C@@H]2[C@H]3[C@@H](O)[C@H](O)C[C@H]3C(=C)CC[C@@H]12. The summed E-state index contributed by atoms with van der Waals surface area (Å²) in [5.41, 5.74) is 1.55. The molecule has 0 radical (unpaired) electrons. The number of hydrogen-bond acceptors (Lipinski definition) is 4. The number of esters is 1. The largest absolute Gasteiger partial charge is 0.458 e. The standard InChI is InChI=1S/C14H18O4/c1-6-3-4-8-7(2)14(17)18-13(8)11-9(6)5-10(15)12(11)16/h8-13,15-16H,1-5H2/t8-,9-,10+,11+,12-,13-/m0/s1. The van der Waals surface area contributed by atoms with Crippen molar-refractivity contribution in [3.63, 3.8) is 0 Å². The van der Waals surface area contributed by atoms with Gasteiger partial charge in [-0.3, -0.25) is 0 Å². The molecule has 1 aliphatic heterocycles. The monoisotopic (exact) mass is 250 g/mol. The Kier molecular flexibility index (Phi) is 2.61. The number of carbonyl (C=O) groups excluding carboxylic acids is 1. The highest BCUT2D eigenvalue weighted by Gasteiger charge is 2.55. The van der Waals surface area contributed by atoms with Gasteiger partial charge in [-0.2, -0.15) is 0 Å². The summed E-state index contributed by atoms with van der Waals surface area (Å²) < 4.78 is 5.39. The summed E-state index contributed by atoms with van der Waals surface area (Å²) in [6, 6.07) is 0. The summed E-state index contributed by atoms with van der Waals surface area (Å²) in [5, 5.41) is 20.0. The number of aliphatic hydroxyl groups excluding tert-OH is 2. The molecule has 3 fully saturated rings. The maximum atomic E-state index is 11.6. The maximum absolute atomic E-state index is 11.6. The lowest BCUT2D eigenvalue weighted by molar-refractivity contribution is -0.144. The molecule has 0 aromatic rings. The van der Waals surface area contributed by atoms with Crippen molar-refractivity contribution >= 4 is 5.97 Å². The third kappa shape index (κ3) is 1.49. The molecule has 0 unspecified atom stereocenters. The van der Waals surface area contributed by atoms with Crippen LogP contribution in [0.2, 0.25) is 0 Å². The molecule has 3 rings (SSSR count). The van der Waals surface area contributed by atoms with E-state index in [2.05, 4.69) is 13.2 Å². The summed E-state index contributed by atoms with van der Waals surface area (Å²) in [6.45, 7) is 7.86. The number of rotatable bonds is 0. The molecule has 0 amide bonds. The van der Waals surface area contributed by atoms with Gasteiger partial charge < -0.3 is 14.9 Å². The second-order valence-electron chi connectivity index (χ2n) is 5.68. The highest BCUT2D eigenvalue weighted by Crippen LogP contribution is 2.50. The number of ether oxygens (including phenoxy) is 1. The minimum absolute atomic E-state index is 0.0378. The molecule has 1 heterocycles. The number of carbonyl (C=O) groups is 1. The van der Waals surface area contributed by atoms with Crippen molar-refractivity contribution in [2.75, 3.05) is 0 Å². The van der Waals surface area contributed by atoms with Gasteiger partial charge >= 0.3 is 5.97 Å². The fourth-order valence-corrected chi connectivity index (χ4v) is 3.76. The van der Waals surface area contributed by atoms with Crippen molar-refractivity contribution in [1.82, 2.24) is 0 Å². The van der Waals surface area contributed by atoms with Crippen LogP contribution < -0.4 is 0 Å². The summed E-state index contributed by atoms with van der Waals surface area (Å²) >= 11 is 0. The minimum Gasteiger partial charge on any atom is -0.458 e. The molecule has 0 spiro atoms. The fourth-order valence-electron chi connectivity index (χ4n) is 3.76. The van der Waals surface area contributed by atoms with Crippen LogP contribution in [0.15, 0.2) is 24.3 Å². The number of fused-ring (bicyclic) bond motifs is 3. The molecule has 0 bridgehead atoms. The lowest BCUT2D eigenvalue weighted by Crippen LogP contribution is -2.37. The molecule has 0 aromatic heterocycles. The van der Waals surface area contributed by atoms with Gasteiger partial charge in [0.15, 0.2) is 0 Å².